The highest BCUT2D eigenvalue weighted by Crippen LogP contribution is 2.31. The second-order valence-corrected chi connectivity index (χ2v) is 3.61. The molecule has 0 aliphatic heterocycles. The van der Waals surface area contributed by atoms with Crippen molar-refractivity contribution in [1.82, 2.24) is 0 Å². The zero-order valence-corrected chi connectivity index (χ0v) is 10.9. The van der Waals surface area contributed by atoms with E-state index in [-0.39, 0.29) is 0 Å². The van der Waals surface area contributed by atoms with Gasteiger partial charge in [0.05, 0.1) is 19.9 Å². The number of anilines is 1. The van der Waals surface area contributed by atoms with Gasteiger partial charge in [-0.1, -0.05) is 0 Å². The summed E-state index contributed by atoms with van der Waals surface area (Å²) in [6.45, 7) is 0. The van der Waals surface area contributed by atoms with E-state index in [9.17, 15) is 9.59 Å². The molecule has 0 saturated carbocycles. The molecule has 0 heterocycles. The number of amides is 1. The van der Waals surface area contributed by atoms with E-state index in [0.717, 1.165) is 12.2 Å². The average Bonchev–Trinajstić information content (AvgIpc) is 2.42. The van der Waals surface area contributed by atoms with Crippen molar-refractivity contribution in [3.8, 4) is 11.5 Å². The van der Waals surface area contributed by atoms with Crippen LogP contribution in [-0.2, 0) is 9.59 Å². The van der Waals surface area contributed by atoms with E-state index in [1.54, 1.807) is 18.2 Å². The van der Waals surface area contributed by atoms with Crippen molar-refractivity contribution in [1.29, 1.82) is 0 Å². The molecule has 0 bridgehead atoms. The predicted octanol–water partition coefficient (Wildman–Crippen LogP) is 1.31. The van der Waals surface area contributed by atoms with Crippen molar-refractivity contribution in [2.24, 2.45) is 0 Å². The Morgan fingerprint density at radius 3 is 2.42 bits per heavy atom. The minimum absolute atomic E-state index is 0.457. The fourth-order valence-corrected chi connectivity index (χ4v) is 1.44. The summed E-state index contributed by atoms with van der Waals surface area (Å²) in [6, 6.07) is 4.98. The van der Waals surface area contributed by atoms with Crippen molar-refractivity contribution < 1.29 is 24.2 Å². The molecule has 0 radical (unpaired) electrons. The van der Waals surface area contributed by atoms with Gasteiger partial charge < -0.3 is 19.5 Å². The van der Waals surface area contributed by atoms with Gasteiger partial charge in [-0.05, 0) is 12.1 Å². The lowest BCUT2D eigenvalue weighted by Crippen LogP contribution is -2.24. The van der Waals surface area contributed by atoms with Crippen LogP contribution in [0.4, 0.5) is 5.69 Å². The van der Waals surface area contributed by atoms with Crippen LogP contribution in [0.15, 0.2) is 30.4 Å². The van der Waals surface area contributed by atoms with Crippen molar-refractivity contribution in [3.05, 3.63) is 30.4 Å². The number of benzene rings is 1. The second kappa shape index (κ2) is 6.44. The highest BCUT2D eigenvalue weighted by molar-refractivity contribution is 6.04. The fraction of sp³-hybridized carbons (Fsp3) is 0.231. The van der Waals surface area contributed by atoms with Crippen LogP contribution in [0, 0.1) is 0 Å². The SMILES string of the molecule is COc1ccc(N(C)C(=O)/C=C/C(=O)O)c(OC)c1. The molecule has 6 nitrogen and oxygen atoms in total. The number of aliphatic carboxylic acids is 1. The fourth-order valence-electron chi connectivity index (χ4n) is 1.44. The second-order valence-electron chi connectivity index (χ2n) is 3.61. The van der Waals surface area contributed by atoms with Gasteiger partial charge in [0.1, 0.15) is 11.5 Å². The van der Waals surface area contributed by atoms with Crippen LogP contribution in [0.3, 0.4) is 0 Å². The van der Waals surface area contributed by atoms with Crippen molar-refractivity contribution in [3.63, 3.8) is 0 Å². The smallest absolute Gasteiger partial charge is 0.328 e. The number of carbonyl (C=O) groups excluding carboxylic acids is 1. The zero-order valence-electron chi connectivity index (χ0n) is 10.9. The van der Waals surface area contributed by atoms with Gasteiger partial charge in [0.25, 0.3) is 5.91 Å². The molecule has 0 atom stereocenters. The summed E-state index contributed by atoms with van der Waals surface area (Å²) < 4.78 is 10.2. The Morgan fingerprint density at radius 1 is 1.21 bits per heavy atom. The Balaban J connectivity index is 3.01. The molecule has 1 N–H and O–H groups in total. The summed E-state index contributed by atoms with van der Waals surface area (Å²) in [5, 5.41) is 8.49. The molecule has 102 valence electrons. The summed E-state index contributed by atoms with van der Waals surface area (Å²) >= 11 is 0. The number of hydrogen-bond acceptors (Lipinski definition) is 4. The van der Waals surface area contributed by atoms with Crippen molar-refractivity contribution >= 4 is 17.6 Å². The standard InChI is InChI=1S/C13H15NO5/c1-14(12(15)6-7-13(16)17)10-5-4-9(18-2)8-11(10)19-3/h4-8H,1-3H3,(H,16,17)/b7-6+. The van der Waals surface area contributed by atoms with E-state index in [1.807, 2.05) is 0 Å². The number of carboxylic acids is 1. The Morgan fingerprint density at radius 2 is 1.89 bits per heavy atom. The number of carbonyl (C=O) groups is 2. The maximum Gasteiger partial charge on any atom is 0.328 e. The van der Waals surface area contributed by atoms with Crippen LogP contribution in [0.25, 0.3) is 0 Å². The maximum atomic E-state index is 11.8. The van der Waals surface area contributed by atoms with E-state index in [0.29, 0.717) is 17.2 Å². The first-order valence-electron chi connectivity index (χ1n) is 5.40. The summed E-state index contributed by atoms with van der Waals surface area (Å²) in [6.07, 6.45) is 1.76. The van der Waals surface area contributed by atoms with Gasteiger partial charge in [0.2, 0.25) is 0 Å². The maximum absolute atomic E-state index is 11.8. The molecule has 19 heavy (non-hydrogen) atoms. The molecule has 6 heteroatoms. The van der Waals surface area contributed by atoms with Crippen LogP contribution in [-0.4, -0.2) is 38.3 Å². The predicted molar refractivity (Wildman–Crippen MR) is 69.7 cm³/mol. The normalized spacial score (nSPS) is 10.3. The zero-order chi connectivity index (χ0) is 14.4. The third-order valence-corrected chi connectivity index (χ3v) is 2.45. The molecule has 0 unspecified atom stereocenters. The molecule has 1 amide bonds. The van der Waals surface area contributed by atoms with Crippen molar-refractivity contribution in [2.75, 3.05) is 26.2 Å². The third kappa shape index (κ3) is 3.74. The van der Waals surface area contributed by atoms with Gasteiger partial charge >= 0.3 is 5.97 Å². The van der Waals surface area contributed by atoms with Crippen LogP contribution < -0.4 is 14.4 Å². The average molecular weight is 265 g/mol. The lowest BCUT2D eigenvalue weighted by Gasteiger charge is -2.19. The molecule has 1 aromatic rings. The van der Waals surface area contributed by atoms with Gasteiger partial charge in [0, 0.05) is 25.3 Å². The molecule has 0 aliphatic rings. The van der Waals surface area contributed by atoms with E-state index >= 15 is 0 Å². The number of hydrogen-bond donors (Lipinski definition) is 1. The highest BCUT2D eigenvalue weighted by Gasteiger charge is 2.14. The molecule has 0 saturated heterocycles. The third-order valence-electron chi connectivity index (χ3n) is 2.45. The van der Waals surface area contributed by atoms with E-state index < -0.39 is 11.9 Å². The molecular formula is C13H15NO5. The molecule has 0 aliphatic carbocycles. The van der Waals surface area contributed by atoms with Gasteiger partial charge in [-0.2, -0.15) is 0 Å². The quantitative estimate of drug-likeness (QED) is 0.812. The number of rotatable bonds is 5. The summed E-state index contributed by atoms with van der Waals surface area (Å²) in [4.78, 5) is 23.4. The number of methoxy groups -OCH3 is 2. The number of nitrogens with zero attached hydrogens (tertiary/aromatic N) is 1. The Hall–Kier alpha value is -2.50. The van der Waals surface area contributed by atoms with E-state index in [2.05, 4.69) is 0 Å². The Bertz CT molecular complexity index is 510. The molecular weight excluding hydrogens is 250 g/mol. The van der Waals surface area contributed by atoms with E-state index in [1.165, 1.54) is 26.2 Å². The lowest BCUT2D eigenvalue weighted by molar-refractivity contribution is -0.131. The Labute approximate surface area is 110 Å². The highest BCUT2D eigenvalue weighted by atomic mass is 16.5. The number of ether oxygens (including phenoxy) is 2. The monoisotopic (exact) mass is 265 g/mol. The summed E-state index contributed by atoms with van der Waals surface area (Å²) in [7, 11) is 4.53. The van der Waals surface area contributed by atoms with Crippen molar-refractivity contribution in [2.45, 2.75) is 0 Å². The molecule has 1 aromatic carbocycles. The largest absolute Gasteiger partial charge is 0.497 e. The first kappa shape index (κ1) is 14.6. The number of likely N-dealkylation sites (N-methyl/N-ethyl adjacent to an activating group) is 1. The van der Waals surface area contributed by atoms with Crippen LogP contribution in [0.2, 0.25) is 0 Å². The minimum atomic E-state index is -1.18. The van der Waals surface area contributed by atoms with Crippen LogP contribution in [0.1, 0.15) is 0 Å². The van der Waals surface area contributed by atoms with Gasteiger partial charge in [-0.25, -0.2) is 4.79 Å². The van der Waals surface area contributed by atoms with Crippen LogP contribution in [0.5, 0.6) is 11.5 Å². The summed E-state index contributed by atoms with van der Waals surface area (Å²) in [5.74, 6) is -0.587. The number of carboxylic acid groups (broad SMARTS) is 1. The first-order valence-corrected chi connectivity index (χ1v) is 5.40. The molecule has 0 aromatic heterocycles. The molecule has 0 fully saturated rings. The molecule has 1 rings (SSSR count). The van der Waals surface area contributed by atoms with Gasteiger partial charge in [-0.3, -0.25) is 4.79 Å². The topological polar surface area (TPSA) is 76.1 Å². The van der Waals surface area contributed by atoms with E-state index in [4.69, 9.17) is 14.6 Å². The van der Waals surface area contributed by atoms with Gasteiger partial charge in [0.15, 0.2) is 0 Å². The molecule has 0 spiro atoms. The van der Waals surface area contributed by atoms with Gasteiger partial charge in [-0.15, -0.1) is 0 Å². The lowest BCUT2D eigenvalue weighted by atomic mass is 10.2. The first-order chi connectivity index (χ1) is 8.99. The Kier molecular flexibility index (Phi) is 4.93. The summed E-state index contributed by atoms with van der Waals surface area (Å²) in [5.41, 5.74) is 0.517. The van der Waals surface area contributed by atoms with Crippen LogP contribution >= 0.6 is 0 Å². The minimum Gasteiger partial charge on any atom is -0.497 e.